The van der Waals surface area contributed by atoms with Gasteiger partial charge in [-0.3, -0.25) is 13.9 Å². The van der Waals surface area contributed by atoms with Gasteiger partial charge in [-0.25, -0.2) is 8.42 Å². The van der Waals surface area contributed by atoms with Gasteiger partial charge in [-0.05, 0) is 60.9 Å². The minimum Gasteiger partial charge on any atom is -0.352 e. The molecule has 44 heavy (non-hydrogen) atoms. The van der Waals surface area contributed by atoms with Crippen molar-refractivity contribution in [3.8, 4) is 0 Å². The Labute approximate surface area is 269 Å². The van der Waals surface area contributed by atoms with E-state index in [-0.39, 0.29) is 40.5 Å². The van der Waals surface area contributed by atoms with Gasteiger partial charge in [0.25, 0.3) is 10.0 Å². The number of anilines is 1. The van der Waals surface area contributed by atoms with E-state index < -0.39 is 28.5 Å². The second-order valence-corrected chi connectivity index (χ2v) is 13.2. The predicted molar refractivity (Wildman–Crippen MR) is 176 cm³/mol. The Morgan fingerprint density at radius 2 is 1.39 bits per heavy atom. The van der Waals surface area contributed by atoms with E-state index in [9.17, 15) is 18.0 Å². The van der Waals surface area contributed by atoms with E-state index in [0.29, 0.717) is 11.4 Å². The van der Waals surface area contributed by atoms with Crippen molar-refractivity contribution in [2.24, 2.45) is 0 Å². The van der Waals surface area contributed by atoms with E-state index in [2.05, 4.69) is 5.32 Å². The van der Waals surface area contributed by atoms with Gasteiger partial charge in [-0.15, -0.1) is 0 Å². The average molecular weight is 653 g/mol. The molecule has 2 amide bonds. The number of carbonyl (C=O) groups is 2. The van der Waals surface area contributed by atoms with Crippen LogP contribution in [0.4, 0.5) is 5.69 Å². The molecule has 0 heterocycles. The maximum Gasteiger partial charge on any atom is 0.264 e. The SMILES string of the molecule is CC[C@H](C)NC(=O)[C@@H](Cc1ccccc1)N(Cc1ccc(Cl)cc1)C(=O)CN(c1ccccc1Cl)S(=O)(=O)c1ccccc1. The van der Waals surface area contributed by atoms with Crippen LogP contribution in [-0.2, 0) is 32.6 Å². The molecule has 2 atom stereocenters. The molecule has 1 N–H and O–H groups in total. The largest absolute Gasteiger partial charge is 0.352 e. The van der Waals surface area contributed by atoms with Crippen LogP contribution in [0.15, 0.2) is 114 Å². The molecule has 0 aliphatic rings. The van der Waals surface area contributed by atoms with Crippen molar-refractivity contribution < 1.29 is 18.0 Å². The Bertz CT molecular complexity index is 1650. The first kappa shape index (κ1) is 33.1. The Morgan fingerprint density at radius 3 is 2.00 bits per heavy atom. The van der Waals surface area contributed by atoms with E-state index >= 15 is 0 Å². The molecule has 4 aromatic rings. The molecule has 0 bridgehead atoms. The summed E-state index contributed by atoms with van der Waals surface area (Å²) in [5, 5.41) is 3.72. The van der Waals surface area contributed by atoms with Crippen LogP contribution in [0, 0.1) is 0 Å². The van der Waals surface area contributed by atoms with Crippen LogP contribution in [0.5, 0.6) is 0 Å². The number of carbonyl (C=O) groups excluding carboxylic acids is 2. The summed E-state index contributed by atoms with van der Waals surface area (Å²) in [6.45, 7) is 3.32. The Balaban J connectivity index is 1.81. The minimum atomic E-state index is -4.23. The number of nitrogens with one attached hydrogen (secondary N) is 1. The number of amides is 2. The second kappa shape index (κ2) is 15.2. The Morgan fingerprint density at radius 1 is 0.795 bits per heavy atom. The number of rotatable bonds is 13. The first-order chi connectivity index (χ1) is 21.1. The first-order valence-corrected chi connectivity index (χ1v) is 16.5. The molecule has 0 saturated heterocycles. The molecule has 0 aliphatic carbocycles. The van der Waals surface area contributed by atoms with E-state index in [1.165, 1.54) is 17.0 Å². The fraction of sp³-hybridized carbons (Fsp3) is 0.235. The van der Waals surface area contributed by atoms with Crippen molar-refractivity contribution in [1.82, 2.24) is 10.2 Å². The fourth-order valence-electron chi connectivity index (χ4n) is 4.67. The van der Waals surface area contributed by atoms with Gasteiger partial charge in [-0.2, -0.15) is 0 Å². The van der Waals surface area contributed by atoms with Crippen LogP contribution in [0.2, 0.25) is 10.0 Å². The zero-order valence-electron chi connectivity index (χ0n) is 24.6. The highest BCUT2D eigenvalue weighted by Gasteiger charge is 2.35. The molecule has 0 radical (unpaired) electrons. The van der Waals surface area contributed by atoms with Crippen molar-refractivity contribution in [3.05, 3.63) is 130 Å². The fourth-order valence-corrected chi connectivity index (χ4v) is 6.54. The van der Waals surface area contributed by atoms with Crippen LogP contribution >= 0.6 is 23.2 Å². The third kappa shape index (κ3) is 8.40. The number of sulfonamides is 1. The summed E-state index contributed by atoms with van der Waals surface area (Å²) in [7, 11) is -4.23. The number of nitrogens with zero attached hydrogens (tertiary/aromatic N) is 2. The van der Waals surface area contributed by atoms with Gasteiger partial charge in [0.15, 0.2) is 0 Å². The van der Waals surface area contributed by atoms with Gasteiger partial charge in [-0.1, -0.05) is 103 Å². The monoisotopic (exact) mass is 651 g/mol. The van der Waals surface area contributed by atoms with Crippen molar-refractivity contribution >= 4 is 50.7 Å². The highest BCUT2D eigenvalue weighted by atomic mass is 35.5. The highest BCUT2D eigenvalue weighted by Crippen LogP contribution is 2.31. The third-order valence-electron chi connectivity index (χ3n) is 7.27. The maximum absolute atomic E-state index is 14.4. The number of benzene rings is 4. The third-order valence-corrected chi connectivity index (χ3v) is 9.62. The van der Waals surface area contributed by atoms with Gasteiger partial charge in [0.1, 0.15) is 12.6 Å². The van der Waals surface area contributed by atoms with Gasteiger partial charge >= 0.3 is 0 Å². The molecule has 0 spiro atoms. The number of hydrogen-bond acceptors (Lipinski definition) is 4. The lowest BCUT2D eigenvalue weighted by molar-refractivity contribution is -0.140. The molecule has 7 nitrogen and oxygen atoms in total. The quantitative estimate of drug-likeness (QED) is 0.173. The van der Waals surface area contributed by atoms with Gasteiger partial charge in [0.05, 0.1) is 15.6 Å². The standard InChI is InChI=1S/C34H35Cl2N3O4S/c1-3-25(2)37-34(41)32(22-26-12-6-4-7-13-26)38(23-27-18-20-28(35)21-19-27)33(40)24-39(31-17-11-10-16-30(31)36)44(42,43)29-14-8-5-9-15-29/h4-21,25,32H,3,22-24H2,1-2H3,(H,37,41)/t25-,32+/m0/s1. The van der Waals surface area contributed by atoms with Gasteiger partial charge in [0.2, 0.25) is 11.8 Å². The Kier molecular flexibility index (Phi) is 11.4. The summed E-state index contributed by atoms with van der Waals surface area (Å²) in [6, 6.07) is 29.6. The number of para-hydroxylation sites is 1. The smallest absolute Gasteiger partial charge is 0.264 e. The molecule has 0 unspecified atom stereocenters. The topological polar surface area (TPSA) is 86.8 Å². The lowest BCUT2D eigenvalue weighted by Gasteiger charge is -2.34. The van der Waals surface area contributed by atoms with E-state index in [1.54, 1.807) is 66.7 Å². The van der Waals surface area contributed by atoms with Gasteiger partial charge < -0.3 is 10.2 Å². The first-order valence-electron chi connectivity index (χ1n) is 14.3. The van der Waals surface area contributed by atoms with E-state index in [4.69, 9.17) is 23.2 Å². The van der Waals surface area contributed by atoms with Gasteiger partial charge in [0, 0.05) is 24.0 Å². The average Bonchev–Trinajstić information content (AvgIpc) is 3.03. The molecule has 10 heteroatoms. The van der Waals surface area contributed by atoms with Crippen LogP contribution < -0.4 is 9.62 Å². The zero-order chi connectivity index (χ0) is 31.7. The van der Waals surface area contributed by atoms with Crippen LogP contribution in [0.25, 0.3) is 0 Å². The van der Waals surface area contributed by atoms with Crippen molar-refractivity contribution in [1.29, 1.82) is 0 Å². The molecule has 4 aromatic carbocycles. The van der Waals surface area contributed by atoms with Crippen LogP contribution in [0.1, 0.15) is 31.4 Å². The molecule has 0 fully saturated rings. The molecular formula is C34H35Cl2N3O4S. The molecule has 230 valence electrons. The highest BCUT2D eigenvalue weighted by molar-refractivity contribution is 7.92. The van der Waals surface area contributed by atoms with E-state index in [1.807, 2.05) is 44.2 Å². The number of hydrogen-bond donors (Lipinski definition) is 1. The normalized spacial score (nSPS) is 12.6. The molecule has 0 saturated carbocycles. The van der Waals surface area contributed by atoms with E-state index in [0.717, 1.165) is 15.4 Å². The van der Waals surface area contributed by atoms with Crippen LogP contribution in [-0.4, -0.2) is 43.8 Å². The van der Waals surface area contributed by atoms with Crippen molar-refractivity contribution in [3.63, 3.8) is 0 Å². The molecule has 4 rings (SSSR count). The molecule has 0 aliphatic heterocycles. The lowest BCUT2D eigenvalue weighted by Crippen LogP contribution is -2.54. The molecule has 0 aromatic heterocycles. The summed E-state index contributed by atoms with van der Waals surface area (Å²) >= 11 is 12.6. The lowest BCUT2D eigenvalue weighted by atomic mass is 10.0. The van der Waals surface area contributed by atoms with Crippen LogP contribution in [0.3, 0.4) is 0 Å². The minimum absolute atomic E-state index is 0.00678. The Hall–Kier alpha value is -3.85. The second-order valence-electron chi connectivity index (χ2n) is 10.4. The summed E-state index contributed by atoms with van der Waals surface area (Å²) in [6.07, 6.45) is 0.921. The molecular weight excluding hydrogens is 617 g/mol. The summed E-state index contributed by atoms with van der Waals surface area (Å²) in [5.41, 5.74) is 1.74. The van der Waals surface area contributed by atoms with Crippen molar-refractivity contribution in [2.75, 3.05) is 10.8 Å². The zero-order valence-corrected chi connectivity index (χ0v) is 26.9. The summed E-state index contributed by atoms with van der Waals surface area (Å²) in [4.78, 5) is 29.8. The van der Waals surface area contributed by atoms with Crippen molar-refractivity contribution in [2.45, 2.75) is 50.2 Å². The maximum atomic E-state index is 14.4. The summed E-state index contributed by atoms with van der Waals surface area (Å²) < 4.78 is 29.0. The summed E-state index contributed by atoms with van der Waals surface area (Å²) in [5.74, 6) is -0.902. The number of halogens is 2. The predicted octanol–water partition coefficient (Wildman–Crippen LogP) is 6.74.